The first-order valence-electron chi connectivity index (χ1n) is 6.34. The van der Waals surface area contributed by atoms with Crippen LogP contribution in [0.15, 0.2) is 0 Å². The van der Waals surface area contributed by atoms with Crippen molar-refractivity contribution in [3.63, 3.8) is 0 Å². The van der Waals surface area contributed by atoms with Crippen LogP contribution in [0.3, 0.4) is 0 Å². The summed E-state index contributed by atoms with van der Waals surface area (Å²) in [6.45, 7) is 7.02. The van der Waals surface area contributed by atoms with Crippen molar-refractivity contribution in [3.05, 3.63) is 11.4 Å². The number of nitrogens with zero attached hydrogens (tertiary/aromatic N) is 2. The summed E-state index contributed by atoms with van der Waals surface area (Å²) in [5, 5.41) is 6.30. The van der Waals surface area contributed by atoms with Gasteiger partial charge in [0.2, 0.25) is 0 Å². The number of aromatic nitrogens is 2. The van der Waals surface area contributed by atoms with Gasteiger partial charge in [0.25, 0.3) is 0 Å². The van der Waals surface area contributed by atoms with Crippen LogP contribution in [0, 0.1) is 13.8 Å². The monoisotopic (exact) mass is 286 g/mol. The minimum Gasteiger partial charge on any atom is -0.370 e. The van der Waals surface area contributed by atoms with Crippen molar-refractivity contribution in [3.8, 4) is 0 Å². The number of hydrogen-bond acceptors (Lipinski definition) is 6. The van der Waals surface area contributed by atoms with Gasteiger partial charge in [-0.3, -0.25) is 0 Å². The number of sulfone groups is 1. The van der Waals surface area contributed by atoms with Gasteiger partial charge >= 0.3 is 0 Å². The van der Waals surface area contributed by atoms with Gasteiger partial charge in [0, 0.05) is 24.9 Å². The fraction of sp³-hybridized carbons (Fsp3) is 0.667. The Morgan fingerprint density at radius 1 is 1.05 bits per heavy atom. The highest BCUT2D eigenvalue weighted by Crippen LogP contribution is 2.19. The van der Waals surface area contributed by atoms with E-state index >= 15 is 0 Å². The molecule has 1 heterocycles. The molecule has 0 aliphatic heterocycles. The van der Waals surface area contributed by atoms with Crippen LogP contribution in [-0.4, -0.2) is 43.5 Å². The van der Waals surface area contributed by atoms with Gasteiger partial charge in [0.05, 0.1) is 5.75 Å². The van der Waals surface area contributed by atoms with Crippen molar-refractivity contribution in [1.82, 2.24) is 9.97 Å². The predicted molar refractivity (Wildman–Crippen MR) is 78.5 cm³/mol. The summed E-state index contributed by atoms with van der Waals surface area (Å²) < 4.78 is 22.2. The van der Waals surface area contributed by atoms with Crippen molar-refractivity contribution < 1.29 is 8.42 Å². The highest BCUT2D eigenvalue weighted by Gasteiger charge is 2.09. The van der Waals surface area contributed by atoms with Crippen LogP contribution >= 0.6 is 0 Å². The van der Waals surface area contributed by atoms with Crippen LogP contribution in [0.2, 0.25) is 0 Å². The number of nitrogens with one attached hydrogen (secondary N) is 2. The Balaban J connectivity index is 2.79. The number of anilines is 2. The van der Waals surface area contributed by atoms with Gasteiger partial charge in [-0.15, -0.1) is 0 Å². The third-order valence-electron chi connectivity index (χ3n) is 2.57. The predicted octanol–water partition coefficient (Wildman–Crippen LogP) is 1.37. The molecule has 0 aliphatic carbocycles. The molecule has 0 unspecified atom stereocenters. The Hall–Kier alpha value is -1.37. The quantitative estimate of drug-likeness (QED) is 0.787. The van der Waals surface area contributed by atoms with Crippen LogP contribution in [0.1, 0.15) is 24.7 Å². The van der Waals surface area contributed by atoms with Crippen LogP contribution in [0.4, 0.5) is 11.6 Å². The maximum atomic E-state index is 11.1. The van der Waals surface area contributed by atoms with Crippen molar-refractivity contribution >= 4 is 21.5 Å². The SMILES string of the molecule is CCCNc1nc(C)nc(NCCS(C)(=O)=O)c1C. The number of aryl methyl sites for hydroxylation is 1. The van der Waals surface area contributed by atoms with E-state index in [-0.39, 0.29) is 5.75 Å². The average molecular weight is 286 g/mol. The van der Waals surface area contributed by atoms with Crippen molar-refractivity contribution in [2.45, 2.75) is 27.2 Å². The molecule has 0 aliphatic rings. The molecule has 0 fully saturated rings. The maximum Gasteiger partial charge on any atom is 0.149 e. The maximum absolute atomic E-state index is 11.1. The molecule has 1 aromatic heterocycles. The minimum absolute atomic E-state index is 0.0905. The molecule has 0 spiro atoms. The van der Waals surface area contributed by atoms with E-state index in [2.05, 4.69) is 27.5 Å². The Morgan fingerprint density at radius 3 is 2.05 bits per heavy atom. The molecule has 1 rings (SSSR count). The highest BCUT2D eigenvalue weighted by molar-refractivity contribution is 7.90. The largest absolute Gasteiger partial charge is 0.370 e. The summed E-state index contributed by atoms with van der Waals surface area (Å²) in [4.78, 5) is 8.65. The van der Waals surface area contributed by atoms with Gasteiger partial charge < -0.3 is 10.6 Å². The zero-order valence-corrected chi connectivity index (χ0v) is 12.8. The molecule has 108 valence electrons. The van der Waals surface area contributed by atoms with E-state index in [1.165, 1.54) is 6.26 Å². The van der Waals surface area contributed by atoms with E-state index in [0.717, 1.165) is 24.3 Å². The lowest BCUT2D eigenvalue weighted by molar-refractivity contribution is 0.602. The Bertz CT molecular complexity index is 529. The number of hydrogen-bond donors (Lipinski definition) is 2. The Morgan fingerprint density at radius 2 is 1.58 bits per heavy atom. The van der Waals surface area contributed by atoms with Crippen molar-refractivity contribution in [2.24, 2.45) is 0 Å². The second-order valence-electron chi connectivity index (χ2n) is 4.58. The van der Waals surface area contributed by atoms with Crippen molar-refractivity contribution in [2.75, 3.05) is 35.7 Å². The molecule has 2 N–H and O–H groups in total. The molecular weight excluding hydrogens is 264 g/mol. The van der Waals surface area contributed by atoms with E-state index in [1.54, 1.807) is 0 Å². The standard InChI is InChI=1S/C12H22N4O2S/c1-5-6-13-11-9(2)12(16-10(3)15-11)14-7-8-19(4,17)18/h5-8H2,1-4H3,(H2,13,14,15,16). The van der Waals surface area contributed by atoms with Gasteiger partial charge in [-0.25, -0.2) is 18.4 Å². The molecule has 0 saturated carbocycles. The Labute approximate surface area is 115 Å². The van der Waals surface area contributed by atoms with Gasteiger partial charge in [-0.2, -0.15) is 0 Å². The topological polar surface area (TPSA) is 84.0 Å². The molecule has 7 heteroatoms. The van der Waals surface area contributed by atoms with Gasteiger partial charge in [-0.1, -0.05) is 6.92 Å². The average Bonchev–Trinajstić information content (AvgIpc) is 2.29. The zero-order chi connectivity index (χ0) is 14.5. The first-order valence-corrected chi connectivity index (χ1v) is 8.40. The molecular formula is C12H22N4O2S. The fourth-order valence-electron chi connectivity index (χ4n) is 1.57. The Kier molecular flexibility index (Phi) is 5.53. The highest BCUT2D eigenvalue weighted by atomic mass is 32.2. The van der Waals surface area contributed by atoms with E-state index < -0.39 is 9.84 Å². The van der Waals surface area contributed by atoms with E-state index in [1.807, 2.05) is 13.8 Å². The first kappa shape index (κ1) is 15.7. The molecule has 0 amide bonds. The minimum atomic E-state index is -2.96. The molecule has 0 aromatic carbocycles. The fourth-order valence-corrected chi connectivity index (χ4v) is 2.04. The van der Waals surface area contributed by atoms with Crippen LogP contribution < -0.4 is 10.6 Å². The summed E-state index contributed by atoms with van der Waals surface area (Å²) in [6.07, 6.45) is 2.24. The third kappa shape index (κ3) is 5.42. The van der Waals surface area contributed by atoms with Crippen LogP contribution in [0.25, 0.3) is 0 Å². The summed E-state index contributed by atoms with van der Waals surface area (Å²) in [6, 6.07) is 0. The number of rotatable bonds is 7. The summed E-state index contributed by atoms with van der Waals surface area (Å²) in [5.74, 6) is 2.24. The van der Waals surface area contributed by atoms with Gasteiger partial charge in [0.15, 0.2) is 0 Å². The van der Waals surface area contributed by atoms with Crippen LogP contribution in [0.5, 0.6) is 0 Å². The molecule has 0 bridgehead atoms. The summed E-state index contributed by atoms with van der Waals surface area (Å²) in [7, 11) is -2.96. The molecule has 6 nitrogen and oxygen atoms in total. The molecule has 0 saturated heterocycles. The van der Waals surface area contributed by atoms with Gasteiger partial charge in [0.1, 0.15) is 27.3 Å². The van der Waals surface area contributed by atoms with Gasteiger partial charge in [-0.05, 0) is 20.3 Å². The zero-order valence-electron chi connectivity index (χ0n) is 11.9. The lowest BCUT2D eigenvalue weighted by Gasteiger charge is -2.13. The van der Waals surface area contributed by atoms with E-state index in [4.69, 9.17) is 0 Å². The lowest BCUT2D eigenvalue weighted by Crippen LogP contribution is -2.17. The molecule has 0 atom stereocenters. The normalized spacial score (nSPS) is 11.4. The first-order chi connectivity index (χ1) is 8.83. The smallest absolute Gasteiger partial charge is 0.149 e. The van der Waals surface area contributed by atoms with Crippen LogP contribution in [-0.2, 0) is 9.84 Å². The van der Waals surface area contributed by atoms with Crippen molar-refractivity contribution in [1.29, 1.82) is 0 Å². The molecule has 0 radical (unpaired) electrons. The van der Waals surface area contributed by atoms with E-state index in [0.29, 0.717) is 18.2 Å². The van der Waals surface area contributed by atoms with E-state index in [9.17, 15) is 8.42 Å². The molecule has 1 aromatic rings. The third-order valence-corrected chi connectivity index (χ3v) is 3.51. The second kappa shape index (κ2) is 6.70. The molecule has 19 heavy (non-hydrogen) atoms. The lowest BCUT2D eigenvalue weighted by atomic mass is 10.3. The summed E-state index contributed by atoms with van der Waals surface area (Å²) in [5.41, 5.74) is 0.910. The summed E-state index contributed by atoms with van der Waals surface area (Å²) >= 11 is 0. The second-order valence-corrected chi connectivity index (χ2v) is 6.84.